The van der Waals surface area contributed by atoms with E-state index in [1.807, 2.05) is 12.1 Å². The molecule has 166 valence electrons. The predicted octanol–water partition coefficient (Wildman–Crippen LogP) is 3.65. The summed E-state index contributed by atoms with van der Waals surface area (Å²) >= 11 is 0. The molecule has 31 heavy (non-hydrogen) atoms. The molecule has 7 nitrogen and oxygen atoms in total. The normalized spacial score (nSPS) is 10.8. The Balaban J connectivity index is 1.65. The Hall–Kier alpha value is -3.35. The van der Waals surface area contributed by atoms with Gasteiger partial charge in [-0.25, -0.2) is 0 Å². The molecule has 2 amide bonds. The van der Waals surface area contributed by atoms with E-state index in [-0.39, 0.29) is 11.8 Å². The maximum Gasteiger partial charge on any atom is 0.306 e. The van der Waals surface area contributed by atoms with Crippen molar-refractivity contribution in [2.45, 2.75) is 39.0 Å². The summed E-state index contributed by atoms with van der Waals surface area (Å²) in [6.07, 6.45) is 0.539. The molecule has 0 saturated heterocycles. The Labute approximate surface area is 182 Å². The van der Waals surface area contributed by atoms with Gasteiger partial charge in [-0.15, -0.1) is 0 Å². The number of ether oxygens (including phenoxy) is 3. The molecular weight excluding hydrogens is 398 g/mol. The van der Waals surface area contributed by atoms with Crippen LogP contribution in [0.1, 0.15) is 49.5 Å². The van der Waals surface area contributed by atoms with Crippen LogP contribution >= 0.6 is 0 Å². The molecule has 0 bridgehead atoms. The molecule has 0 aromatic heterocycles. The standard InChI is InChI=1S/C24H29NO6/c1-24(2,3)18-9-7-17(8-10-18)23(28)25-21(26)16-31-22(27)6-5-15-30-20-13-11-19(29-4)12-14-20/h7-14H,5-6,15-16H2,1-4H3,(H,25,26,28). The molecule has 0 radical (unpaired) electrons. The molecule has 0 unspecified atom stereocenters. The second kappa shape index (κ2) is 11.2. The zero-order valence-electron chi connectivity index (χ0n) is 18.4. The van der Waals surface area contributed by atoms with Gasteiger partial charge in [-0.3, -0.25) is 19.7 Å². The van der Waals surface area contributed by atoms with Gasteiger partial charge < -0.3 is 14.2 Å². The van der Waals surface area contributed by atoms with Crippen molar-refractivity contribution in [3.8, 4) is 11.5 Å². The van der Waals surface area contributed by atoms with E-state index in [0.29, 0.717) is 24.3 Å². The minimum Gasteiger partial charge on any atom is -0.497 e. The first kappa shape index (κ1) is 23.9. The van der Waals surface area contributed by atoms with E-state index in [0.717, 1.165) is 11.3 Å². The number of amides is 2. The van der Waals surface area contributed by atoms with Gasteiger partial charge in [0.25, 0.3) is 11.8 Å². The van der Waals surface area contributed by atoms with Crippen LogP contribution in [0.25, 0.3) is 0 Å². The molecule has 0 aliphatic carbocycles. The number of hydrogen-bond donors (Lipinski definition) is 1. The zero-order chi connectivity index (χ0) is 22.9. The lowest BCUT2D eigenvalue weighted by Gasteiger charge is -2.18. The van der Waals surface area contributed by atoms with Gasteiger partial charge in [0.15, 0.2) is 6.61 Å². The van der Waals surface area contributed by atoms with E-state index in [9.17, 15) is 14.4 Å². The van der Waals surface area contributed by atoms with E-state index in [2.05, 4.69) is 26.1 Å². The number of rotatable bonds is 9. The average molecular weight is 427 g/mol. The van der Waals surface area contributed by atoms with Gasteiger partial charge >= 0.3 is 5.97 Å². The van der Waals surface area contributed by atoms with Crippen LogP contribution in [0.2, 0.25) is 0 Å². The number of carbonyl (C=O) groups excluding carboxylic acids is 3. The van der Waals surface area contributed by atoms with Crippen molar-refractivity contribution in [1.82, 2.24) is 5.32 Å². The van der Waals surface area contributed by atoms with Gasteiger partial charge in [0.2, 0.25) is 0 Å². The lowest BCUT2D eigenvalue weighted by atomic mass is 9.87. The number of hydrogen-bond acceptors (Lipinski definition) is 6. The van der Waals surface area contributed by atoms with Crippen LogP contribution in [0.5, 0.6) is 11.5 Å². The zero-order valence-corrected chi connectivity index (χ0v) is 18.4. The van der Waals surface area contributed by atoms with Crippen molar-refractivity contribution in [3.63, 3.8) is 0 Å². The average Bonchev–Trinajstić information content (AvgIpc) is 2.75. The molecule has 0 heterocycles. The quantitative estimate of drug-likeness (QED) is 0.485. The highest BCUT2D eigenvalue weighted by Crippen LogP contribution is 2.22. The minimum absolute atomic E-state index is 0.0291. The molecule has 0 aliphatic rings. The Bertz CT molecular complexity index is 882. The highest BCUT2D eigenvalue weighted by molar-refractivity contribution is 6.05. The van der Waals surface area contributed by atoms with Gasteiger partial charge in [-0.1, -0.05) is 32.9 Å². The first-order valence-corrected chi connectivity index (χ1v) is 10.1. The van der Waals surface area contributed by atoms with Crippen molar-refractivity contribution in [3.05, 3.63) is 59.7 Å². The van der Waals surface area contributed by atoms with Gasteiger partial charge in [-0.2, -0.15) is 0 Å². The molecule has 0 aliphatic heterocycles. The van der Waals surface area contributed by atoms with Gasteiger partial charge in [0.1, 0.15) is 11.5 Å². The number of methoxy groups -OCH3 is 1. The van der Waals surface area contributed by atoms with E-state index in [1.54, 1.807) is 43.5 Å². The first-order valence-electron chi connectivity index (χ1n) is 10.1. The van der Waals surface area contributed by atoms with Crippen LogP contribution in [0.4, 0.5) is 0 Å². The molecule has 2 aromatic rings. The third-order valence-corrected chi connectivity index (χ3v) is 4.48. The Morgan fingerprint density at radius 1 is 0.903 bits per heavy atom. The molecule has 7 heteroatoms. The number of esters is 1. The smallest absolute Gasteiger partial charge is 0.306 e. The summed E-state index contributed by atoms with van der Waals surface area (Å²) in [5.74, 6) is -0.338. The maximum atomic E-state index is 12.1. The number of benzene rings is 2. The monoisotopic (exact) mass is 427 g/mol. The fourth-order valence-corrected chi connectivity index (χ4v) is 2.65. The molecule has 0 atom stereocenters. The molecule has 2 rings (SSSR count). The molecule has 1 N–H and O–H groups in total. The molecule has 0 spiro atoms. The lowest BCUT2D eigenvalue weighted by Crippen LogP contribution is -2.34. The molecular formula is C24H29NO6. The summed E-state index contributed by atoms with van der Waals surface area (Å²) in [5.41, 5.74) is 1.42. The summed E-state index contributed by atoms with van der Waals surface area (Å²) in [5, 5.41) is 2.22. The van der Waals surface area contributed by atoms with Gasteiger partial charge in [-0.05, 0) is 53.8 Å². The highest BCUT2D eigenvalue weighted by atomic mass is 16.5. The Morgan fingerprint density at radius 3 is 2.10 bits per heavy atom. The van der Waals surface area contributed by atoms with E-state index in [4.69, 9.17) is 14.2 Å². The lowest BCUT2D eigenvalue weighted by molar-refractivity contribution is -0.148. The van der Waals surface area contributed by atoms with E-state index < -0.39 is 24.4 Å². The van der Waals surface area contributed by atoms with Crippen LogP contribution in [-0.2, 0) is 19.7 Å². The predicted molar refractivity (Wildman–Crippen MR) is 116 cm³/mol. The van der Waals surface area contributed by atoms with Gasteiger partial charge in [0.05, 0.1) is 13.7 Å². The summed E-state index contributed by atoms with van der Waals surface area (Å²) in [7, 11) is 1.59. The number of imide groups is 1. The second-order valence-corrected chi connectivity index (χ2v) is 7.99. The van der Waals surface area contributed by atoms with Crippen molar-refractivity contribution < 1.29 is 28.6 Å². The van der Waals surface area contributed by atoms with E-state index >= 15 is 0 Å². The van der Waals surface area contributed by atoms with Crippen LogP contribution in [0.3, 0.4) is 0 Å². The van der Waals surface area contributed by atoms with Crippen LogP contribution < -0.4 is 14.8 Å². The summed E-state index contributed by atoms with van der Waals surface area (Å²) in [4.78, 5) is 35.8. The maximum absolute atomic E-state index is 12.1. The molecule has 2 aromatic carbocycles. The third-order valence-electron chi connectivity index (χ3n) is 4.48. The Kier molecular flexibility index (Phi) is 8.61. The van der Waals surface area contributed by atoms with Crippen molar-refractivity contribution in [2.24, 2.45) is 0 Å². The topological polar surface area (TPSA) is 90.9 Å². The van der Waals surface area contributed by atoms with Crippen molar-refractivity contribution >= 4 is 17.8 Å². The molecule has 0 saturated carbocycles. The summed E-state index contributed by atoms with van der Waals surface area (Å²) in [6, 6.07) is 14.1. The Morgan fingerprint density at radius 2 is 1.52 bits per heavy atom. The number of carbonyl (C=O) groups is 3. The summed E-state index contributed by atoms with van der Waals surface area (Å²) in [6.45, 7) is 6.04. The van der Waals surface area contributed by atoms with E-state index in [1.165, 1.54) is 0 Å². The fourth-order valence-electron chi connectivity index (χ4n) is 2.65. The minimum atomic E-state index is -0.673. The largest absolute Gasteiger partial charge is 0.497 e. The van der Waals surface area contributed by atoms with Crippen LogP contribution in [0.15, 0.2) is 48.5 Å². The van der Waals surface area contributed by atoms with Crippen LogP contribution in [0, 0.1) is 0 Å². The number of nitrogens with one attached hydrogen (secondary N) is 1. The highest BCUT2D eigenvalue weighted by Gasteiger charge is 2.16. The second-order valence-electron chi connectivity index (χ2n) is 7.99. The first-order chi connectivity index (χ1) is 14.7. The van der Waals surface area contributed by atoms with Gasteiger partial charge in [0, 0.05) is 12.0 Å². The fraction of sp³-hybridized carbons (Fsp3) is 0.375. The summed E-state index contributed by atoms with van der Waals surface area (Å²) < 4.78 is 15.5. The van der Waals surface area contributed by atoms with Crippen molar-refractivity contribution in [2.75, 3.05) is 20.3 Å². The van der Waals surface area contributed by atoms with Crippen LogP contribution in [-0.4, -0.2) is 38.1 Å². The third kappa shape index (κ3) is 8.12. The SMILES string of the molecule is COc1ccc(OCCCC(=O)OCC(=O)NC(=O)c2ccc(C(C)(C)C)cc2)cc1. The van der Waals surface area contributed by atoms with Crippen molar-refractivity contribution in [1.29, 1.82) is 0 Å². The molecule has 0 fully saturated rings.